The third-order valence-corrected chi connectivity index (χ3v) is 10.5. The normalized spacial score (nSPS) is 25.1. The number of carbonyl (C=O) groups excluding carboxylic acids is 2. The first-order chi connectivity index (χ1) is 18.7. The number of benzene rings is 2. The zero-order chi connectivity index (χ0) is 29.4. The Kier molecular flexibility index (Phi) is 8.84. The third-order valence-electron chi connectivity index (χ3n) is 7.84. The van der Waals surface area contributed by atoms with Gasteiger partial charge in [-0.25, -0.2) is 21.6 Å². The van der Waals surface area contributed by atoms with Crippen molar-refractivity contribution in [2.45, 2.75) is 67.3 Å². The molecule has 40 heavy (non-hydrogen) atoms. The van der Waals surface area contributed by atoms with Crippen molar-refractivity contribution in [2.75, 3.05) is 11.9 Å². The maximum Gasteiger partial charge on any atom is 0.266 e. The predicted octanol–water partition coefficient (Wildman–Crippen LogP) is 4.25. The van der Waals surface area contributed by atoms with Gasteiger partial charge in [-0.1, -0.05) is 11.6 Å². The van der Waals surface area contributed by atoms with E-state index in [4.69, 9.17) is 11.6 Å². The van der Waals surface area contributed by atoms with Crippen LogP contribution in [0.15, 0.2) is 41.3 Å². The molecule has 2 fully saturated rings. The van der Waals surface area contributed by atoms with Crippen LogP contribution in [0.4, 0.5) is 18.9 Å². The SMILES string of the molecule is C[C@@H](O)CNC(=O)CC1(O)C2CC[C@@H]1CC(S(=O)(=O)c1cc(C(=O)Nc3ccc(F)c(C(F)F)c3)ccc1Cl)C2. The first-order valence-electron chi connectivity index (χ1n) is 12.8. The molecule has 2 amide bonds. The molecule has 0 aliphatic heterocycles. The molecule has 2 bridgehead atoms. The van der Waals surface area contributed by atoms with Crippen LogP contribution < -0.4 is 10.6 Å². The highest BCUT2D eigenvalue weighted by Crippen LogP contribution is 2.53. The van der Waals surface area contributed by atoms with E-state index in [1.165, 1.54) is 19.1 Å². The van der Waals surface area contributed by atoms with E-state index in [0.717, 1.165) is 24.3 Å². The molecule has 2 aromatic rings. The molecule has 0 spiro atoms. The minimum Gasteiger partial charge on any atom is -0.392 e. The number of hydrogen-bond donors (Lipinski definition) is 4. The second-order valence-corrected chi connectivity index (χ2v) is 13.2. The summed E-state index contributed by atoms with van der Waals surface area (Å²) in [6.07, 6.45) is -2.75. The lowest BCUT2D eigenvalue weighted by atomic mass is 9.72. The molecule has 0 saturated heterocycles. The van der Waals surface area contributed by atoms with Crippen molar-refractivity contribution >= 4 is 38.9 Å². The van der Waals surface area contributed by atoms with Crippen LogP contribution in [0.5, 0.6) is 0 Å². The molecule has 2 saturated carbocycles. The average Bonchev–Trinajstić information content (AvgIpc) is 3.04. The smallest absolute Gasteiger partial charge is 0.266 e. The van der Waals surface area contributed by atoms with Crippen LogP contribution in [0.1, 0.15) is 61.4 Å². The summed E-state index contributed by atoms with van der Waals surface area (Å²) in [6.45, 7) is 1.56. The van der Waals surface area contributed by atoms with E-state index in [2.05, 4.69) is 10.6 Å². The van der Waals surface area contributed by atoms with Crippen LogP contribution in [0, 0.1) is 17.7 Å². The van der Waals surface area contributed by atoms with Gasteiger partial charge in [0.15, 0.2) is 9.84 Å². The van der Waals surface area contributed by atoms with Crippen molar-refractivity contribution in [3.05, 3.63) is 58.4 Å². The number of aliphatic hydroxyl groups is 2. The molecule has 5 atom stereocenters. The van der Waals surface area contributed by atoms with Gasteiger partial charge in [-0.05, 0) is 80.8 Å². The topological polar surface area (TPSA) is 133 Å². The lowest BCUT2D eigenvalue weighted by Gasteiger charge is -2.42. The van der Waals surface area contributed by atoms with Crippen LogP contribution in [0.3, 0.4) is 0 Å². The molecular weight excluding hydrogens is 573 g/mol. The Hall–Kier alpha value is -2.67. The Labute approximate surface area is 234 Å². The van der Waals surface area contributed by atoms with Gasteiger partial charge in [0.05, 0.1) is 38.9 Å². The van der Waals surface area contributed by atoms with Gasteiger partial charge in [0.1, 0.15) is 5.82 Å². The van der Waals surface area contributed by atoms with E-state index in [9.17, 15) is 41.4 Å². The number of sulfone groups is 1. The summed E-state index contributed by atoms with van der Waals surface area (Å²) in [4.78, 5) is 24.9. The van der Waals surface area contributed by atoms with Crippen molar-refractivity contribution in [1.82, 2.24) is 5.32 Å². The van der Waals surface area contributed by atoms with E-state index >= 15 is 0 Å². The Morgan fingerprint density at radius 2 is 1.77 bits per heavy atom. The second-order valence-electron chi connectivity index (χ2n) is 10.6. The van der Waals surface area contributed by atoms with Gasteiger partial charge in [0.25, 0.3) is 12.3 Å². The van der Waals surface area contributed by atoms with Crippen LogP contribution >= 0.6 is 11.6 Å². The number of amides is 2. The third kappa shape index (κ3) is 6.14. The van der Waals surface area contributed by atoms with Crippen molar-refractivity contribution in [1.29, 1.82) is 0 Å². The number of nitrogens with one attached hydrogen (secondary N) is 2. The molecule has 0 aromatic heterocycles. The average molecular weight is 603 g/mol. The number of fused-ring (bicyclic) bond motifs is 2. The monoisotopic (exact) mass is 602 g/mol. The lowest BCUT2D eigenvalue weighted by Crippen LogP contribution is -2.51. The Morgan fingerprint density at radius 3 is 2.38 bits per heavy atom. The highest BCUT2D eigenvalue weighted by atomic mass is 35.5. The summed E-state index contributed by atoms with van der Waals surface area (Å²) >= 11 is 6.25. The van der Waals surface area contributed by atoms with Crippen molar-refractivity contribution in [3.8, 4) is 0 Å². The van der Waals surface area contributed by atoms with Crippen molar-refractivity contribution < 1.29 is 41.4 Å². The lowest BCUT2D eigenvalue weighted by molar-refractivity contribution is -0.133. The van der Waals surface area contributed by atoms with Crippen molar-refractivity contribution in [3.63, 3.8) is 0 Å². The molecule has 2 aromatic carbocycles. The van der Waals surface area contributed by atoms with Gasteiger partial charge >= 0.3 is 0 Å². The van der Waals surface area contributed by atoms with Gasteiger partial charge in [-0.15, -0.1) is 0 Å². The van der Waals surface area contributed by atoms with Gasteiger partial charge < -0.3 is 20.8 Å². The largest absolute Gasteiger partial charge is 0.392 e. The first kappa shape index (κ1) is 30.3. The number of alkyl halides is 2. The molecule has 4 rings (SSSR count). The summed E-state index contributed by atoms with van der Waals surface area (Å²) < 4.78 is 67.1. The Balaban J connectivity index is 1.52. The first-order valence-corrected chi connectivity index (χ1v) is 14.7. The molecule has 3 unspecified atom stereocenters. The van der Waals surface area contributed by atoms with Crippen molar-refractivity contribution in [2.24, 2.45) is 11.8 Å². The van der Waals surface area contributed by atoms with E-state index < -0.39 is 68.2 Å². The summed E-state index contributed by atoms with van der Waals surface area (Å²) in [6, 6.07) is 6.34. The van der Waals surface area contributed by atoms with Gasteiger partial charge in [0.2, 0.25) is 5.91 Å². The molecule has 0 heterocycles. The van der Waals surface area contributed by atoms with Crippen LogP contribution in [0.25, 0.3) is 0 Å². The maximum atomic E-state index is 13.7. The molecule has 2 aliphatic rings. The minimum absolute atomic E-state index is 0.0399. The second kappa shape index (κ2) is 11.7. The fourth-order valence-electron chi connectivity index (χ4n) is 5.77. The molecule has 8 nitrogen and oxygen atoms in total. The van der Waals surface area contributed by atoms with Gasteiger partial charge in [-0.3, -0.25) is 9.59 Å². The number of anilines is 1. The maximum absolute atomic E-state index is 13.7. The number of aliphatic hydroxyl groups excluding tert-OH is 1. The molecular formula is C27H30ClF3N2O6S. The predicted molar refractivity (Wildman–Crippen MR) is 141 cm³/mol. The highest BCUT2D eigenvalue weighted by Gasteiger charge is 2.56. The fourth-order valence-corrected chi connectivity index (χ4v) is 8.17. The van der Waals surface area contributed by atoms with E-state index in [1.807, 2.05) is 0 Å². The number of carbonyl (C=O) groups is 2. The van der Waals surface area contributed by atoms with E-state index in [-0.39, 0.29) is 47.0 Å². The summed E-state index contributed by atoms with van der Waals surface area (Å²) in [7, 11) is -4.08. The molecule has 218 valence electrons. The Bertz CT molecular complexity index is 1390. The van der Waals surface area contributed by atoms with Gasteiger partial charge in [-0.2, -0.15) is 0 Å². The molecule has 4 N–H and O–H groups in total. The standard InChI is InChI=1S/C27H30ClF3N2O6S/c1-14(34)13-32-24(35)12-27(37)16-3-4-17(27)10-19(9-16)40(38,39)23-8-15(2-6-21(23)28)26(36)33-18-5-7-22(29)20(11-18)25(30)31/h2,5-8,11,14,16-17,19,25,34,37H,3-4,9-10,12-13H2,1H3,(H,32,35)(H,33,36)/t14-,16-,17?,19?,27?/m1/s1. The highest BCUT2D eigenvalue weighted by molar-refractivity contribution is 7.92. The fraction of sp³-hybridized carbons (Fsp3) is 0.481. The number of rotatable bonds is 9. The van der Waals surface area contributed by atoms with Crippen LogP contribution in [0.2, 0.25) is 5.02 Å². The minimum atomic E-state index is -4.08. The van der Waals surface area contributed by atoms with Gasteiger partial charge in [0, 0.05) is 17.8 Å². The summed E-state index contributed by atoms with van der Waals surface area (Å²) in [5.74, 6) is -3.25. The molecule has 13 heteroatoms. The molecule has 2 aliphatic carbocycles. The summed E-state index contributed by atoms with van der Waals surface area (Å²) in [5.41, 5.74) is -2.45. The summed E-state index contributed by atoms with van der Waals surface area (Å²) in [5, 5.41) is 24.7. The van der Waals surface area contributed by atoms with E-state index in [0.29, 0.717) is 12.8 Å². The zero-order valence-electron chi connectivity index (χ0n) is 21.5. The quantitative estimate of drug-likeness (QED) is 0.339. The Morgan fingerprint density at radius 1 is 1.12 bits per heavy atom. The zero-order valence-corrected chi connectivity index (χ0v) is 23.1. The number of halogens is 4. The van der Waals surface area contributed by atoms with E-state index in [1.54, 1.807) is 0 Å². The molecule has 0 radical (unpaired) electrons. The van der Waals surface area contributed by atoms with Crippen LogP contribution in [-0.4, -0.2) is 53.9 Å². The van der Waals surface area contributed by atoms with Crippen LogP contribution in [-0.2, 0) is 14.6 Å². The number of hydrogen-bond acceptors (Lipinski definition) is 6.